The Morgan fingerprint density at radius 1 is 1.38 bits per heavy atom. The van der Waals surface area contributed by atoms with Crippen LogP contribution >= 0.6 is 0 Å². The van der Waals surface area contributed by atoms with Crippen LogP contribution in [0.1, 0.15) is 16.1 Å². The topological polar surface area (TPSA) is 113 Å². The van der Waals surface area contributed by atoms with Crippen molar-refractivity contribution in [1.82, 2.24) is 4.98 Å². The summed E-state index contributed by atoms with van der Waals surface area (Å²) >= 11 is 0. The van der Waals surface area contributed by atoms with Crippen molar-refractivity contribution >= 4 is 17.4 Å². The second kappa shape index (κ2) is 6.36. The normalized spacial score (nSPS) is 9.57. The van der Waals surface area contributed by atoms with Crippen LogP contribution in [0.4, 0.5) is 11.5 Å². The molecule has 0 saturated heterocycles. The number of aromatic nitrogens is 1. The maximum atomic E-state index is 12.1. The summed E-state index contributed by atoms with van der Waals surface area (Å²) in [4.78, 5) is 16.2. The van der Waals surface area contributed by atoms with Gasteiger partial charge in [-0.2, -0.15) is 5.26 Å². The minimum absolute atomic E-state index is 0.205. The van der Waals surface area contributed by atoms with Gasteiger partial charge < -0.3 is 15.5 Å². The Kier molecular flexibility index (Phi) is 4.33. The molecule has 2 aromatic rings. The number of hydrogen-bond acceptors (Lipinski definition) is 6. The molecule has 2 rings (SSSR count). The summed E-state index contributed by atoms with van der Waals surface area (Å²) in [6, 6.07) is 11.6. The van der Waals surface area contributed by atoms with Crippen LogP contribution in [0.15, 0.2) is 36.4 Å². The zero-order valence-electron chi connectivity index (χ0n) is 11.3. The van der Waals surface area contributed by atoms with E-state index in [-0.39, 0.29) is 5.69 Å². The number of nitrogens with two attached hydrogens (primary N) is 1. The summed E-state index contributed by atoms with van der Waals surface area (Å²) in [7, 11) is 1.46. The Bertz CT molecular complexity index is 709. The number of nitrogen functional groups attached to an aromatic ring is 1. The number of nitriles is 1. The molecule has 106 valence electrons. The number of ether oxygens (including phenoxy) is 1. The van der Waals surface area contributed by atoms with Gasteiger partial charge in [-0.3, -0.25) is 4.79 Å². The SMILES string of the molecule is COc1cc(C#N)ccc1NC(=O)c1cccc(NN)n1. The molecule has 7 heteroatoms. The fourth-order valence-electron chi connectivity index (χ4n) is 1.69. The number of methoxy groups -OCH3 is 1. The van der Waals surface area contributed by atoms with E-state index < -0.39 is 5.91 Å². The van der Waals surface area contributed by atoms with E-state index in [1.54, 1.807) is 36.4 Å². The molecule has 0 aliphatic carbocycles. The summed E-state index contributed by atoms with van der Waals surface area (Å²) in [5.74, 6) is 5.63. The van der Waals surface area contributed by atoms with E-state index in [1.165, 1.54) is 7.11 Å². The predicted octanol–water partition coefficient (Wildman–Crippen LogP) is 1.50. The molecule has 0 aliphatic rings. The van der Waals surface area contributed by atoms with Gasteiger partial charge in [0.25, 0.3) is 5.91 Å². The van der Waals surface area contributed by atoms with Crippen LogP contribution in [0.25, 0.3) is 0 Å². The van der Waals surface area contributed by atoms with Crippen molar-refractivity contribution in [2.24, 2.45) is 5.84 Å². The Labute approximate surface area is 121 Å². The molecule has 4 N–H and O–H groups in total. The zero-order valence-corrected chi connectivity index (χ0v) is 11.3. The van der Waals surface area contributed by atoms with Gasteiger partial charge in [-0.05, 0) is 24.3 Å². The molecule has 1 amide bonds. The molecule has 0 radical (unpaired) electrons. The Hall–Kier alpha value is -3.11. The van der Waals surface area contributed by atoms with Gasteiger partial charge in [0.2, 0.25) is 0 Å². The number of carbonyl (C=O) groups excluding carboxylic acids is 1. The standard InChI is InChI=1S/C14H13N5O2/c1-21-12-7-9(8-15)5-6-10(12)18-14(20)11-3-2-4-13(17-11)19-16/h2-7H,16H2,1H3,(H,17,19)(H,18,20). The lowest BCUT2D eigenvalue weighted by Crippen LogP contribution is -2.16. The van der Waals surface area contributed by atoms with Crippen LogP contribution in [-0.2, 0) is 0 Å². The number of hydrogen-bond donors (Lipinski definition) is 3. The lowest BCUT2D eigenvalue weighted by Gasteiger charge is -2.10. The second-order valence-electron chi connectivity index (χ2n) is 4.03. The number of benzene rings is 1. The molecular weight excluding hydrogens is 270 g/mol. The van der Waals surface area contributed by atoms with Crippen LogP contribution in [0.3, 0.4) is 0 Å². The molecule has 0 spiro atoms. The minimum Gasteiger partial charge on any atom is -0.495 e. The Balaban J connectivity index is 2.25. The number of anilines is 2. The number of nitrogens with one attached hydrogen (secondary N) is 2. The van der Waals surface area contributed by atoms with Gasteiger partial charge in [-0.15, -0.1) is 0 Å². The zero-order chi connectivity index (χ0) is 15.2. The highest BCUT2D eigenvalue weighted by Gasteiger charge is 2.12. The maximum absolute atomic E-state index is 12.1. The number of pyridine rings is 1. The summed E-state index contributed by atoms with van der Waals surface area (Å²) in [5, 5.41) is 11.5. The molecule has 1 aromatic carbocycles. The third kappa shape index (κ3) is 3.26. The van der Waals surface area contributed by atoms with Gasteiger partial charge in [0.05, 0.1) is 24.4 Å². The molecule has 21 heavy (non-hydrogen) atoms. The van der Waals surface area contributed by atoms with Gasteiger partial charge >= 0.3 is 0 Å². The largest absolute Gasteiger partial charge is 0.495 e. The molecule has 0 bridgehead atoms. The summed E-state index contributed by atoms with van der Waals surface area (Å²) in [5.41, 5.74) is 3.47. The fourth-order valence-corrected chi connectivity index (χ4v) is 1.69. The van der Waals surface area contributed by atoms with Crippen LogP contribution in [0.2, 0.25) is 0 Å². The summed E-state index contributed by atoms with van der Waals surface area (Å²) in [6.45, 7) is 0. The maximum Gasteiger partial charge on any atom is 0.274 e. The molecule has 1 heterocycles. The van der Waals surface area contributed by atoms with Gasteiger partial charge in [-0.25, -0.2) is 10.8 Å². The number of nitrogens with zero attached hydrogens (tertiary/aromatic N) is 2. The molecule has 0 unspecified atom stereocenters. The summed E-state index contributed by atoms with van der Waals surface area (Å²) < 4.78 is 5.15. The van der Waals surface area contributed by atoms with Crippen LogP contribution in [-0.4, -0.2) is 18.0 Å². The van der Waals surface area contributed by atoms with Gasteiger partial charge in [0.1, 0.15) is 17.3 Å². The molecule has 0 atom stereocenters. The van der Waals surface area contributed by atoms with Crippen molar-refractivity contribution in [2.75, 3.05) is 17.9 Å². The Morgan fingerprint density at radius 3 is 2.86 bits per heavy atom. The van der Waals surface area contributed by atoms with Crippen molar-refractivity contribution in [3.8, 4) is 11.8 Å². The molecular formula is C14H13N5O2. The first-order valence-electron chi connectivity index (χ1n) is 6.01. The average Bonchev–Trinajstić information content (AvgIpc) is 2.55. The quantitative estimate of drug-likeness (QED) is 0.579. The average molecular weight is 283 g/mol. The number of carbonyl (C=O) groups is 1. The van der Waals surface area contributed by atoms with Gasteiger partial charge in [0.15, 0.2) is 0 Å². The lowest BCUT2D eigenvalue weighted by atomic mass is 10.2. The highest BCUT2D eigenvalue weighted by atomic mass is 16.5. The van der Waals surface area contributed by atoms with Crippen molar-refractivity contribution in [1.29, 1.82) is 5.26 Å². The first-order chi connectivity index (χ1) is 10.2. The molecule has 7 nitrogen and oxygen atoms in total. The number of amides is 1. The van der Waals surface area contributed by atoms with E-state index in [0.717, 1.165) is 0 Å². The Morgan fingerprint density at radius 2 is 2.19 bits per heavy atom. The van der Waals surface area contributed by atoms with Crippen molar-refractivity contribution in [3.63, 3.8) is 0 Å². The van der Waals surface area contributed by atoms with Crippen molar-refractivity contribution in [2.45, 2.75) is 0 Å². The van der Waals surface area contributed by atoms with Crippen molar-refractivity contribution in [3.05, 3.63) is 47.7 Å². The van der Waals surface area contributed by atoms with Crippen LogP contribution < -0.4 is 21.3 Å². The fraction of sp³-hybridized carbons (Fsp3) is 0.0714. The van der Waals surface area contributed by atoms with E-state index in [1.807, 2.05) is 6.07 Å². The van der Waals surface area contributed by atoms with Crippen LogP contribution in [0.5, 0.6) is 5.75 Å². The van der Waals surface area contributed by atoms with E-state index in [0.29, 0.717) is 22.8 Å². The van der Waals surface area contributed by atoms with E-state index in [9.17, 15) is 4.79 Å². The molecule has 0 fully saturated rings. The molecule has 0 saturated carbocycles. The van der Waals surface area contributed by atoms with Crippen LogP contribution in [0, 0.1) is 11.3 Å². The van der Waals surface area contributed by atoms with Gasteiger partial charge in [0, 0.05) is 6.07 Å². The number of hydrazine groups is 1. The third-order valence-electron chi connectivity index (χ3n) is 2.71. The minimum atomic E-state index is -0.407. The summed E-state index contributed by atoms with van der Waals surface area (Å²) in [6.07, 6.45) is 0. The predicted molar refractivity (Wildman–Crippen MR) is 77.7 cm³/mol. The first kappa shape index (κ1) is 14.3. The monoisotopic (exact) mass is 283 g/mol. The second-order valence-corrected chi connectivity index (χ2v) is 4.03. The van der Waals surface area contributed by atoms with E-state index in [2.05, 4.69) is 15.7 Å². The highest BCUT2D eigenvalue weighted by Crippen LogP contribution is 2.25. The lowest BCUT2D eigenvalue weighted by molar-refractivity contribution is 0.102. The molecule has 0 aliphatic heterocycles. The van der Waals surface area contributed by atoms with Crippen molar-refractivity contribution < 1.29 is 9.53 Å². The first-order valence-corrected chi connectivity index (χ1v) is 6.01. The number of rotatable bonds is 4. The highest BCUT2D eigenvalue weighted by molar-refractivity contribution is 6.03. The van der Waals surface area contributed by atoms with Gasteiger partial charge in [-0.1, -0.05) is 6.07 Å². The van der Waals surface area contributed by atoms with E-state index in [4.69, 9.17) is 15.8 Å². The smallest absolute Gasteiger partial charge is 0.274 e. The third-order valence-corrected chi connectivity index (χ3v) is 2.71. The molecule has 1 aromatic heterocycles. The van der Waals surface area contributed by atoms with E-state index >= 15 is 0 Å².